The maximum atomic E-state index is 13.7. The number of nitrogens with zero attached hydrogens (tertiary/aromatic N) is 1. The van der Waals surface area contributed by atoms with E-state index in [9.17, 15) is 4.39 Å². The van der Waals surface area contributed by atoms with Gasteiger partial charge in [-0.15, -0.1) is 0 Å². The minimum atomic E-state index is -0.330. The van der Waals surface area contributed by atoms with Crippen LogP contribution >= 0.6 is 15.9 Å². The van der Waals surface area contributed by atoms with E-state index in [1.807, 2.05) is 6.07 Å². The molecule has 1 aromatic carbocycles. The Morgan fingerprint density at radius 3 is 3.14 bits per heavy atom. The van der Waals surface area contributed by atoms with E-state index in [0.717, 1.165) is 6.42 Å². The lowest BCUT2D eigenvalue weighted by molar-refractivity contribution is 0.318. The maximum absolute atomic E-state index is 13.7. The highest BCUT2D eigenvalue weighted by Gasteiger charge is 2.50. The third-order valence-corrected chi connectivity index (χ3v) is 3.48. The lowest BCUT2D eigenvalue weighted by atomic mass is 10.1. The molecule has 2 aliphatic rings. The van der Waals surface area contributed by atoms with E-state index in [1.54, 1.807) is 6.07 Å². The van der Waals surface area contributed by atoms with Crippen LogP contribution in [0.25, 0.3) is 0 Å². The van der Waals surface area contributed by atoms with E-state index in [1.165, 1.54) is 0 Å². The van der Waals surface area contributed by atoms with E-state index >= 15 is 0 Å². The summed E-state index contributed by atoms with van der Waals surface area (Å²) < 4.78 is 19.5. The van der Waals surface area contributed by atoms with Crippen LogP contribution < -0.4 is 4.74 Å². The zero-order valence-corrected chi connectivity index (χ0v) is 8.64. The van der Waals surface area contributed by atoms with Crippen molar-refractivity contribution in [1.82, 2.24) is 0 Å². The Balaban J connectivity index is 2.28. The Labute approximate surface area is 88.4 Å². The predicted molar refractivity (Wildman–Crippen MR) is 50.6 cm³/mol. The van der Waals surface area contributed by atoms with Crippen LogP contribution in [0.2, 0.25) is 0 Å². The average molecular weight is 254 g/mol. The van der Waals surface area contributed by atoms with Gasteiger partial charge in [0.1, 0.15) is 23.7 Å². The number of hydrogen-bond acceptors (Lipinski definition) is 2. The number of fused-ring (bicyclic) bond motifs is 3. The van der Waals surface area contributed by atoms with Gasteiger partial charge in [-0.05, 0) is 28.4 Å². The second-order valence-electron chi connectivity index (χ2n) is 3.57. The molecule has 70 valence electrons. The molecular formula is C10H5BrFNO. The van der Waals surface area contributed by atoms with Crippen molar-refractivity contribution in [2.75, 3.05) is 0 Å². The summed E-state index contributed by atoms with van der Waals surface area (Å²) in [6.07, 6.45) is 1.06. The highest BCUT2D eigenvalue weighted by Crippen LogP contribution is 2.55. The Morgan fingerprint density at radius 2 is 2.43 bits per heavy atom. The molecule has 0 amide bonds. The minimum absolute atomic E-state index is 0.153. The van der Waals surface area contributed by atoms with E-state index in [-0.39, 0.29) is 22.3 Å². The van der Waals surface area contributed by atoms with Crippen LogP contribution in [-0.2, 0) is 0 Å². The number of halogens is 2. The summed E-state index contributed by atoms with van der Waals surface area (Å²) in [5.74, 6) is 0.432. The van der Waals surface area contributed by atoms with Crippen LogP contribution in [0.5, 0.6) is 5.75 Å². The van der Waals surface area contributed by atoms with Gasteiger partial charge in [0.25, 0.3) is 0 Å². The summed E-state index contributed by atoms with van der Waals surface area (Å²) in [7, 11) is 0. The minimum Gasteiger partial charge on any atom is -0.489 e. The number of hydrogen-bond donors (Lipinski definition) is 0. The molecule has 3 rings (SSSR count). The summed E-state index contributed by atoms with van der Waals surface area (Å²) >= 11 is 3.09. The van der Waals surface area contributed by atoms with E-state index < -0.39 is 0 Å². The van der Waals surface area contributed by atoms with Gasteiger partial charge in [-0.1, -0.05) is 0 Å². The third-order valence-electron chi connectivity index (χ3n) is 2.71. The summed E-state index contributed by atoms with van der Waals surface area (Å²) in [4.78, 5) is 0. The van der Waals surface area contributed by atoms with Gasteiger partial charge in [0.15, 0.2) is 0 Å². The highest BCUT2D eigenvalue weighted by atomic mass is 79.9. The molecule has 2 atom stereocenters. The standard InChI is InChI=1S/C10H5BrFNO/c11-9-4(3-13)1-7-8(10(9)12)5-2-6(5)14-7/h1,5-6H,2H2. The van der Waals surface area contributed by atoms with Crippen molar-refractivity contribution in [3.05, 3.63) is 27.5 Å². The number of ether oxygens (including phenoxy) is 1. The molecule has 2 nitrogen and oxygen atoms in total. The first-order valence-corrected chi connectivity index (χ1v) is 5.10. The van der Waals surface area contributed by atoms with Crippen LogP contribution in [-0.4, -0.2) is 6.10 Å². The van der Waals surface area contributed by atoms with Crippen LogP contribution in [0.15, 0.2) is 10.5 Å². The Morgan fingerprint density at radius 1 is 1.64 bits per heavy atom. The normalized spacial score (nSPS) is 26.1. The fourth-order valence-corrected chi connectivity index (χ4v) is 2.33. The summed E-state index contributed by atoms with van der Waals surface area (Å²) in [6.45, 7) is 0. The molecule has 1 heterocycles. The predicted octanol–water partition coefficient (Wildman–Crippen LogP) is 2.71. The average Bonchev–Trinajstić information content (AvgIpc) is 2.84. The van der Waals surface area contributed by atoms with Gasteiger partial charge in [0.05, 0.1) is 10.0 Å². The van der Waals surface area contributed by atoms with Gasteiger partial charge in [-0.2, -0.15) is 5.26 Å². The van der Waals surface area contributed by atoms with E-state index in [4.69, 9.17) is 10.00 Å². The van der Waals surface area contributed by atoms with Crippen LogP contribution in [0, 0.1) is 17.1 Å². The molecule has 1 saturated carbocycles. The fraction of sp³-hybridized carbons (Fsp3) is 0.300. The Bertz CT molecular complexity index is 480. The fourth-order valence-electron chi connectivity index (χ4n) is 1.91. The van der Waals surface area contributed by atoms with Gasteiger partial charge in [-0.3, -0.25) is 0 Å². The van der Waals surface area contributed by atoms with Gasteiger partial charge < -0.3 is 4.74 Å². The van der Waals surface area contributed by atoms with Crippen molar-refractivity contribution >= 4 is 15.9 Å². The molecule has 0 N–H and O–H groups in total. The van der Waals surface area contributed by atoms with E-state index in [0.29, 0.717) is 16.9 Å². The molecule has 0 spiro atoms. The first-order valence-electron chi connectivity index (χ1n) is 4.31. The molecular weight excluding hydrogens is 249 g/mol. The SMILES string of the molecule is N#Cc1cc2c(c(F)c1Br)C1CC1O2. The van der Waals surface area contributed by atoms with Crippen molar-refractivity contribution in [3.63, 3.8) is 0 Å². The lowest BCUT2D eigenvalue weighted by Crippen LogP contribution is -1.94. The molecule has 2 unspecified atom stereocenters. The maximum Gasteiger partial charge on any atom is 0.146 e. The molecule has 1 aromatic rings. The van der Waals surface area contributed by atoms with Crippen molar-refractivity contribution < 1.29 is 9.13 Å². The molecule has 4 heteroatoms. The largest absolute Gasteiger partial charge is 0.489 e. The molecule has 0 radical (unpaired) electrons. The number of rotatable bonds is 0. The Hall–Kier alpha value is -1.08. The molecule has 14 heavy (non-hydrogen) atoms. The molecule has 1 aliphatic carbocycles. The van der Waals surface area contributed by atoms with Crippen LogP contribution in [0.1, 0.15) is 23.5 Å². The molecule has 0 bridgehead atoms. The molecule has 1 fully saturated rings. The lowest BCUT2D eigenvalue weighted by Gasteiger charge is -2.06. The third kappa shape index (κ3) is 0.881. The Kier molecular flexibility index (Phi) is 1.46. The van der Waals surface area contributed by atoms with Gasteiger partial charge in [0, 0.05) is 11.5 Å². The molecule has 1 aliphatic heterocycles. The van der Waals surface area contributed by atoms with Crippen molar-refractivity contribution in [2.45, 2.75) is 18.4 Å². The van der Waals surface area contributed by atoms with Crippen molar-refractivity contribution in [2.24, 2.45) is 0 Å². The van der Waals surface area contributed by atoms with Gasteiger partial charge >= 0.3 is 0 Å². The summed E-state index contributed by atoms with van der Waals surface area (Å²) in [6, 6.07) is 3.53. The molecule has 0 aromatic heterocycles. The van der Waals surface area contributed by atoms with E-state index in [2.05, 4.69) is 15.9 Å². The first-order chi connectivity index (χ1) is 6.72. The second-order valence-corrected chi connectivity index (χ2v) is 4.37. The number of nitriles is 1. The quantitative estimate of drug-likeness (QED) is 0.713. The van der Waals surface area contributed by atoms with Crippen LogP contribution in [0.3, 0.4) is 0 Å². The summed E-state index contributed by atoms with van der Waals surface area (Å²) in [5.41, 5.74) is 0.934. The van der Waals surface area contributed by atoms with Crippen molar-refractivity contribution in [1.29, 1.82) is 5.26 Å². The summed E-state index contributed by atoms with van der Waals surface area (Å²) in [5, 5.41) is 8.75. The van der Waals surface area contributed by atoms with Crippen molar-refractivity contribution in [3.8, 4) is 11.8 Å². The zero-order chi connectivity index (χ0) is 9.87. The highest BCUT2D eigenvalue weighted by molar-refractivity contribution is 9.10. The topological polar surface area (TPSA) is 33.0 Å². The molecule has 0 saturated heterocycles. The monoisotopic (exact) mass is 253 g/mol. The van der Waals surface area contributed by atoms with Gasteiger partial charge in [0.2, 0.25) is 0 Å². The number of benzene rings is 1. The zero-order valence-electron chi connectivity index (χ0n) is 7.05. The second kappa shape index (κ2) is 2.48. The van der Waals surface area contributed by atoms with Gasteiger partial charge in [-0.25, -0.2) is 4.39 Å². The van der Waals surface area contributed by atoms with Crippen LogP contribution in [0.4, 0.5) is 4.39 Å². The smallest absolute Gasteiger partial charge is 0.146 e. The first kappa shape index (κ1) is 8.25.